The predicted molar refractivity (Wildman–Crippen MR) is 284 cm³/mol. The minimum Gasteiger partial charge on any atom is -0.480 e. The van der Waals surface area contributed by atoms with Crippen molar-refractivity contribution in [2.24, 2.45) is 22.6 Å². The molecule has 7 unspecified atom stereocenters. The Morgan fingerprint density at radius 3 is 2.12 bits per heavy atom. The van der Waals surface area contributed by atoms with Crippen LogP contribution in [0.4, 0.5) is 4.79 Å². The fourth-order valence-corrected chi connectivity index (χ4v) is 9.73. The van der Waals surface area contributed by atoms with Crippen LogP contribution in [0.5, 0.6) is 0 Å². The Hall–Kier alpha value is -6.86. The van der Waals surface area contributed by atoms with Crippen molar-refractivity contribution in [2.45, 2.75) is 145 Å². The van der Waals surface area contributed by atoms with Crippen LogP contribution >= 0.6 is 0 Å². The minimum atomic E-state index is -1.95. The lowest BCUT2D eigenvalue weighted by Crippen LogP contribution is -2.66. The summed E-state index contributed by atoms with van der Waals surface area (Å²) < 4.78 is 25.4. The molecule has 3 aliphatic rings. The van der Waals surface area contributed by atoms with E-state index in [2.05, 4.69) is 41.9 Å². The molecule has 3 aliphatic heterocycles. The molecule has 0 bridgehead atoms. The Balaban J connectivity index is 1.27. The van der Waals surface area contributed by atoms with Crippen molar-refractivity contribution < 1.29 is 73.6 Å². The highest BCUT2D eigenvalue weighted by molar-refractivity contribution is 5.94. The fraction of sp³-hybridized carbons (Fsp3) is 0.577. The zero-order valence-electron chi connectivity index (χ0n) is 45.0. The molecule has 15 atom stereocenters. The van der Waals surface area contributed by atoms with E-state index >= 15 is 0 Å². The summed E-state index contributed by atoms with van der Waals surface area (Å²) in [6.07, 6.45) is -14.5. The molecule has 0 spiro atoms. The van der Waals surface area contributed by atoms with Gasteiger partial charge in [-0.3, -0.25) is 38.6 Å². The number of aromatic nitrogens is 2. The van der Waals surface area contributed by atoms with Crippen molar-refractivity contribution in [3.8, 4) is 0 Å². The average Bonchev–Trinajstić information content (AvgIpc) is 3.93. The van der Waals surface area contributed by atoms with Crippen LogP contribution in [0.25, 0.3) is 0 Å². The number of hydrogen-bond acceptors (Lipinski definition) is 20. The number of amides is 4. The van der Waals surface area contributed by atoms with Crippen molar-refractivity contribution >= 4 is 35.7 Å². The number of H-pyrrole nitrogens is 1. The summed E-state index contributed by atoms with van der Waals surface area (Å²) in [5, 5.41) is 83.4. The standard InChI is InChI=1S/C52H75N11O17/c1-26(2)33(47(71)72)60-51(75)61-34(30-17-20-56-50(53)57-30)45(70)59-35(37(65)27(3)4)44(69)55-19-12-21-62(25-29-15-10-7-11-16-29)36(48(73)74)41(42-39(67)40(68)46(79-42)63-22-18-32(64)58-52(63)76)80-49-43(77-5)38(66)31(78-49)24-54-23-28-13-8-6-9-14-28/h6-11,13-16,18,22,26-27,30-31,33-43,46,49,54,65-68H,12,17,19-21,23-25H2,1-5H3,(H,55,69)(H,59,70)(H,71,72)(H,73,74)(H3,53,56,57)(H,58,64,76)(H2,60,61,75)/t30?,31-,33?,34?,35?,36?,37?,38+,39+,40-,41?,42+,43-,46-,49-/m1/s1. The Labute approximate surface area is 460 Å². The Morgan fingerprint density at radius 2 is 1.52 bits per heavy atom. The van der Waals surface area contributed by atoms with Gasteiger partial charge >= 0.3 is 23.7 Å². The zero-order chi connectivity index (χ0) is 58.4. The molecule has 1 aromatic heterocycles. The second kappa shape index (κ2) is 29.0. The van der Waals surface area contributed by atoms with Crippen LogP contribution < -0.4 is 48.9 Å². The number of guanidine groups is 1. The molecule has 80 heavy (non-hydrogen) atoms. The van der Waals surface area contributed by atoms with E-state index in [4.69, 9.17) is 24.7 Å². The van der Waals surface area contributed by atoms with Crippen molar-refractivity contribution in [1.29, 1.82) is 0 Å². The summed E-state index contributed by atoms with van der Waals surface area (Å²) in [6, 6.07) is 10.8. The van der Waals surface area contributed by atoms with Gasteiger partial charge in [0.1, 0.15) is 66.9 Å². The van der Waals surface area contributed by atoms with E-state index in [1.54, 1.807) is 58.0 Å². The van der Waals surface area contributed by atoms with Crippen LogP contribution in [0.1, 0.15) is 57.9 Å². The topological polar surface area (TPSA) is 412 Å². The molecule has 28 nitrogen and oxygen atoms in total. The molecule has 15 N–H and O–H groups in total. The summed E-state index contributed by atoms with van der Waals surface area (Å²) in [6.45, 7) is 6.51. The average molecular weight is 1130 g/mol. The number of hydrogen-bond donors (Lipinski definition) is 14. The van der Waals surface area contributed by atoms with Gasteiger partial charge in [0.15, 0.2) is 18.5 Å². The number of nitrogens with zero attached hydrogens (tertiary/aromatic N) is 3. The minimum absolute atomic E-state index is 0.0241. The number of aliphatic imine (C=N–C) groups is 1. The number of aromatic amines is 1. The van der Waals surface area contributed by atoms with E-state index in [-0.39, 0.29) is 51.5 Å². The van der Waals surface area contributed by atoms with Crippen LogP contribution in [0, 0.1) is 11.8 Å². The SMILES string of the molecule is CO[C@H]1[C@@H](OC(C(C(=O)O)N(CCCNC(=O)C(NC(=O)C(NC(=O)NC(C(=O)O)C(C)C)C2CCN=C(N)N2)C(O)C(C)C)Cc2ccccc2)[C@H]2O[C@@H](n3ccc(=O)[nH]c3=O)[C@H](O)[C@@H]2O)O[C@H](CNCc2ccccc2)[C@@H]1O. The van der Waals surface area contributed by atoms with Gasteiger partial charge in [0.05, 0.1) is 12.1 Å². The molecule has 2 fully saturated rings. The summed E-state index contributed by atoms with van der Waals surface area (Å²) in [5.74, 6) is -5.85. The first-order valence-electron chi connectivity index (χ1n) is 26.3. The van der Waals surface area contributed by atoms with E-state index in [1.165, 1.54) is 12.0 Å². The molecular formula is C52H75N11O17. The second-order valence-electron chi connectivity index (χ2n) is 20.5. The van der Waals surface area contributed by atoms with Gasteiger partial charge in [-0.05, 0) is 35.8 Å². The maximum absolute atomic E-state index is 14.2. The number of methoxy groups -OCH3 is 1. The van der Waals surface area contributed by atoms with Gasteiger partial charge in [-0.1, -0.05) is 88.4 Å². The van der Waals surface area contributed by atoms with Gasteiger partial charge in [-0.25, -0.2) is 14.4 Å². The van der Waals surface area contributed by atoms with Crippen molar-refractivity contribution in [1.82, 2.24) is 46.4 Å². The zero-order valence-corrected chi connectivity index (χ0v) is 45.0. The smallest absolute Gasteiger partial charge is 0.330 e. The first kappa shape index (κ1) is 62.3. The number of aliphatic carboxylic acids is 2. The lowest BCUT2D eigenvalue weighted by atomic mass is 9.96. The number of aliphatic hydroxyl groups is 4. The summed E-state index contributed by atoms with van der Waals surface area (Å²) in [5.41, 5.74) is 5.69. The Bertz CT molecular complexity index is 2680. The van der Waals surface area contributed by atoms with E-state index < -0.39 is 144 Å². The van der Waals surface area contributed by atoms with Gasteiger partial charge in [-0.15, -0.1) is 0 Å². The summed E-state index contributed by atoms with van der Waals surface area (Å²) in [4.78, 5) is 100. The number of carboxylic acids is 2. The summed E-state index contributed by atoms with van der Waals surface area (Å²) in [7, 11) is 1.28. The third-order valence-electron chi connectivity index (χ3n) is 14.1. The van der Waals surface area contributed by atoms with E-state index in [1.807, 2.05) is 30.3 Å². The number of carboxylic acid groups (broad SMARTS) is 2. The van der Waals surface area contributed by atoms with Gasteiger partial charge in [-0.2, -0.15) is 0 Å². The lowest BCUT2D eigenvalue weighted by molar-refractivity contribution is -0.239. The molecule has 0 aliphatic carbocycles. The van der Waals surface area contributed by atoms with Crippen LogP contribution in [0.2, 0.25) is 0 Å². The maximum Gasteiger partial charge on any atom is 0.330 e. The molecule has 28 heteroatoms. The van der Waals surface area contributed by atoms with Crippen LogP contribution in [-0.4, -0.2) is 199 Å². The molecule has 2 aromatic carbocycles. The van der Waals surface area contributed by atoms with Crippen LogP contribution in [-0.2, 0) is 51.2 Å². The van der Waals surface area contributed by atoms with Crippen molar-refractivity contribution in [3.05, 3.63) is 105 Å². The molecule has 0 saturated carbocycles. The first-order chi connectivity index (χ1) is 38.1. The van der Waals surface area contributed by atoms with Gasteiger partial charge in [0.25, 0.3) is 5.56 Å². The maximum atomic E-state index is 14.2. The predicted octanol–water partition coefficient (Wildman–Crippen LogP) is -3.15. The largest absolute Gasteiger partial charge is 0.480 e. The second-order valence-corrected chi connectivity index (χ2v) is 20.5. The van der Waals surface area contributed by atoms with E-state index in [0.717, 1.165) is 22.4 Å². The third kappa shape index (κ3) is 16.2. The highest BCUT2D eigenvalue weighted by Crippen LogP contribution is 2.36. The monoisotopic (exact) mass is 1130 g/mol. The molecule has 440 valence electrons. The number of aliphatic hydroxyl groups excluding tert-OH is 4. The number of urea groups is 1. The molecule has 4 heterocycles. The molecule has 4 amide bonds. The molecular weight excluding hydrogens is 1050 g/mol. The number of ether oxygens (including phenoxy) is 4. The molecule has 0 radical (unpaired) electrons. The number of rotatable bonds is 28. The van der Waals surface area contributed by atoms with Gasteiger partial charge in [0.2, 0.25) is 11.8 Å². The number of nitrogens with two attached hydrogens (primary N) is 1. The molecule has 6 rings (SSSR count). The van der Waals surface area contributed by atoms with Gasteiger partial charge in [0, 0.05) is 58.6 Å². The van der Waals surface area contributed by atoms with Crippen LogP contribution in [0.15, 0.2) is 87.5 Å². The first-order valence-corrected chi connectivity index (χ1v) is 26.3. The van der Waals surface area contributed by atoms with E-state index in [9.17, 15) is 64.2 Å². The van der Waals surface area contributed by atoms with E-state index in [0.29, 0.717) is 12.1 Å². The van der Waals surface area contributed by atoms with Crippen molar-refractivity contribution in [3.63, 3.8) is 0 Å². The number of carbonyl (C=O) groups is 5. The van der Waals surface area contributed by atoms with Crippen molar-refractivity contribution in [2.75, 3.05) is 33.3 Å². The quantitative estimate of drug-likeness (QED) is 0.0319. The number of benzene rings is 2. The number of carbonyl (C=O) groups excluding carboxylic acids is 3. The molecule has 2 saturated heterocycles. The Kier molecular flexibility index (Phi) is 22.6. The Morgan fingerprint density at radius 1 is 0.850 bits per heavy atom. The van der Waals surface area contributed by atoms with Crippen LogP contribution in [0.3, 0.4) is 0 Å². The fourth-order valence-electron chi connectivity index (χ4n) is 9.73. The van der Waals surface area contributed by atoms with Gasteiger partial charge < -0.3 is 87.2 Å². The normalized spacial score (nSPS) is 25.1. The molecule has 3 aromatic rings. The number of nitrogens with one attached hydrogen (secondary N) is 7. The third-order valence-corrected chi connectivity index (χ3v) is 14.1. The lowest BCUT2D eigenvalue weighted by Gasteiger charge is -2.39. The highest BCUT2D eigenvalue weighted by atomic mass is 16.7. The highest BCUT2D eigenvalue weighted by Gasteiger charge is 2.55. The summed E-state index contributed by atoms with van der Waals surface area (Å²) >= 11 is 0.